The summed E-state index contributed by atoms with van der Waals surface area (Å²) in [5.74, 6) is -2.77. The molecule has 1 unspecified atom stereocenters. The molecule has 0 saturated heterocycles. The number of aliphatic hydroxyl groups excluding tert-OH is 4. The number of carbonyl (C=O) groups excluding carboxylic acids is 3. The summed E-state index contributed by atoms with van der Waals surface area (Å²) in [7, 11) is 0. The summed E-state index contributed by atoms with van der Waals surface area (Å²) in [5.41, 5.74) is 1.06. The molecule has 0 spiro atoms. The maximum absolute atomic E-state index is 12.6. The fourth-order valence-electron chi connectivity index (χ4n) is 6.09. The zero-order valence-corrected chi connectivity index (χ0v) is 36.9. The van der Waals surface area contributed by atoms with E-state index in [0.29, 0.717) is 0 Å². The largest absolute Gasteiger partial charge is 0.479 e. The number of ether oxygens (including phenoxy) is 5. The Morgan fingerprint density at radius 1 is 0.646 bits per heavy atom. The van der Waals surface area contributed by atoms with Crippen molar-refractivity contribution in [3.05, 3.63) is 80.6 Å². The molecule has 65 heavy (non-hydrogen) atoms. The number of anilines is 2. The molecular formula is C44H63N5O16. The van der Waals surface area contributed by atoms with E-state index < -0.39 is 90.2 Å². The molecule has 3 aromatic rings. The average Bonchev–Trinajstić information content (AvgIpc) is 3.27. The summed E-state index contributed by atoms with van der Waals surface area (Å²) < 4.78 is 26.8. The summed E-state index contributed by atoms with van der Waals surface area (Å²) in [5, 5.41) is 64.3. The number of carbonyl (C=O) groups is 4. The van der Waals surface area contributed by atoms with Crippen LogP contribution >= 0.6 is 0 Å². The van der Waals surface area contributed by atoms with E-state index >= 15 is 0 Å². The number of carboxylic acids is 1. The zero-order valence-electron chi connectivity index (χ0n) is 36.9. The van der Waals surface area contributed by atoms with Crippen molar-refractivity contribution in [1.29, 1.82) is 0 Å². The summed E-state index contributed by atoms with van der Waals surface area (Å²) >= 11 is 0. The van der Waals surface area contributed by atoms with Gasteiger partial charge in [-0.05, 0) is 43.9 Å². The Kier molecular flexibility index (Phi) is 23.5. The topological polar surface area (TPSA) is 310 Å². The molecule has 0 heterocycles. The van der Waals surface area contributed by atoms with E-state index in [0.717, 1.165) is 16.7 Å². The number of carboxylic acid groups (broad SMARTS) is 1. The molecule has 10 N–H and O–H groups in total. The van der Waals surface area contributed by atoms with E-state index in [9.17, 15) is 54.3 Å². The number of aliphatic carboxylic acids is 1. The highest BCUT2D eigenvalue weighted by molar-refractivity contribution is 5.79. The first-order chi connectivity index (χ1) is 31.0. The number of benzene rings is 2. The minimum atomic E-state index is -1.61. The maximum Gasteiger partial charge on any atom is 0.407 e. The molecule has 0 fully saturated rings. The molecule has 0 aliphatic carbocycles. The Morgan fingerprint density at radius 3 is 1.78 bits per heavy atom. The van der Waals surface area contributed by atoms with E-state index in [1.54, 1.807) is 20.8 Å². The Morgan fingerprint density at radius 2 is 1.20 bits per heavy atom. The third-order valence-corrected chi connectivity index (χ3v) is 9.40. The van der Waals surface area contributed by atoms with Gasteiger partial charge < -0.3 is 75.8 Å². The van der Waals surface area contributed by atoms with Crippen LogP contribution in [-0.2, 0) is 44.5 Å². The number of nitrogens with one attached hydrogen (secondary N) is 5. The lowest BCUT2D eigenvalue weighted by molar-refractivity contribution is -0.154. The molecule has 3 rings (SSSR count). The highest BCUT2D eigenvalue weighted by atomic mass is 16.6. The number of rotatable bonds is 32. The van der Waals surface area contributed by atoms with Crippen LogP contribution in [0.25, 0.3) is 11.1 Å². The van der Waals surface area contributed by atoms with E-state index in [1.807, 2.05) is 54.6 Å². The first kappa shape index (κ1) is 53.8. The van der Waals surface area contributed by atoms with Gasteiger partial charge in [-0.25, -0.2) is 9.59 Å². The number of amides is 3. The van der Waals surface area contributed by atoms with Crippen molar-refractivity contribution in [2.45, 2.75) is 76.1 Å². The third-order valence-electron chi connectivity index (χ3n) is 9.40. The molecule has 0 radical (unpaired) electrons. The van der Waals surface area contributed by atoms with Crippen LogP contribution in [0, 0.1) is 0 Å². The van der Waals surface area contributed by atoms with Gasteiger partial charge in [0.15, 0.2) is 6.10 Å². The molecule has 3 aromatic carbocycles. The monoisotopic (exact) mass is 917 g/mol. The van der Waals surface area contributed by atoms with Gasteiger partial charge in [0, 0.05) is 32.6 Å². The summed E-state index contributed by atoms with van der Waals surface area (Å²) in [4.78, 5) is 72.2. The van der Waals surface area contributed by atoms with Crippen LogP contribution in [0.1, 0.15) is 39.2 Å². The van der Waals surface area contributed by atoms with Gasteiger partial charge in [0.25, 0.3) is 10.9 Å². The van der Waals surface area contributed by atoms with Crippen LogP contribution in [0.5, 0.6) is 0 Å². The molecule has 21 heteroatoms. The predicted molar refractivity (Wildman–Crippen MR) is 237 cm³/mol. The van der Waals surface area contributed by atoms with Crippen molar-refractivity contribution in [3.63, 3.8) is 0 Å². The number of hydrogen-bond donors (Lipinski definition) is 10. The van der Waals surface area contributed by atoms with E-state index in [-0.39, 0.29) is 90.2 Å². The lowest BCUT2D eigenvalue weighted by Crippen LogP contribution is -2.50. The van der Waals surface area contributed by atoms with Crippen LogP contribution < -0.4 is 37.4 Å². The average molecular weight is 918 g/mol. The predicted octanol–water partition coefficient (Wildman–Crippen LogP) is -0.483. The Bertz CT molecular complexity index is 1970. The molecule has 0 aromatic heterocycles. The SMILES string of the molecule is CC(C)(C)OC(=O)NCCOCCNc1c(NCCOCCOCCOC(C[C@H](O)[C@H](C[C@H](O)[C@H](O)CNC(=O)Cc2ccc(-c3ccccc3)cc2)NC(=O)CO)C(=O)O)c(=O)c1=O. The summed E-state index contributed by atoms with van der Waals surface area (Å²) in [6.07, 6.45) is -7.85. The van der Waals surface area contributed by atoms with Crippen molar-refractivity contribution in [2.24, 2.45) is 0 Å². The lowest BCUT2D eigenvalue weighted by Gasteiger charge is -2.29. The first-order valence-corrected chi connectivity index (χ1v) is 21.2. The zero-order chi connectivity index (χ0) is 47.8. The molecule has 5 atom stereocenters. The molecule has 360 valence electrons. The van der Waals surface area contributed by atoms with Gasteiger partial charge in [-0.2, -0.15) is 0 Å². The van der Waals surface area contributed by atoms with Gasteiger partial charge in [-0.15, -0.1) is 0 Å². The fourth-order valence-corrected chi connectivity index (χ4v) is 6.09. The quantitative estimate of drug-likeness (QED) is 0.0279. The minimum Gasteiger partial charge on any atom is -0.479 e. The minimum absolute atomic E-state index is 0.00680. The van der Waals surface area contributed by atoms with Gasteiger partial charge in [0.05, 0.1) is 77.0 Å². The molecule has 0 aliphatic heterocycles. The standard InChI is InChI=1S/C44H63N5O16/c1-44(2,3)65-43(60)47-15-18-61-16-13-45-38-39(41(57)40(38)56)46-14-17-62-19-20-63-21-22-64-35(42(58)59)25-32(51)31(49-37(55)27-50)24-33(52)34(53)26-48-36(54)23-28-9-11-30(12-10-28)29-7-5-4-6-8-29/h4-12,31-35,45-46,50-53H,13-27H2,1-3H3,(H,47,60)(H,48,54)(H,49,55)(H,58,59)/t31-,32-,33-,34+,35?/m0/s1. The Balaban J connectivity index is 1.30. The fraction of sp³-hybridized carbons (Fsp3) is 0.545. The number of alkyl carbamates (subject to hydrolysis) is 1. The van der Waals surface area contributed by atoms with E-state index in [4.69, 9.17) is 23.7 Å². The molecular weight excluding hydrogens is 855 g/mol. The van der Waals surface area contributed by atoms with Crippen LogP contribution in [0.2, 0.25) is 0 Å². The molecule has 3 amide bonds. The van der Waals surface area contributed by atoms with Crippen LogP contribution in [0.4, 0.5) is 16.2 Å². The van der Waals surface area contributed by atoms with Crippen molar-refractivity contribution in [1.82, 2.24) is 16.0 Å². The molecule has 0 aliphatic rings. The van der Waals surface area contributed by atoms with E-state index in [1.165, 1.54) is 0 Å². The van der Waals surface area contributed by atoms with Crippen LogP contribution in [-0.4, -0.2) is 165 Å². The Labute approximate surface area is 376 Å². The maximum atomic E-state index is 12.6. The van der Waals surface area contributed by atoms with E-state index in [2.05, 4.69) is 26.6 Å². The highest BCUT2D eigenvalue weighted by Gasteiger charge is 2.32. The van der Waals surface area contributed by atoms with Gasteiger partial charge in [0.2, 0.25) is 11.8 Å². The van der Waals surface area contributed by atoms with Crippen LogP contribution in [0.3, 0.4) is 0 Å². The summed E-state index contributed by atoms with van der Waals surface area (Å²) in [6, 6.07) is 15.8. The molecule has 21 nitrogen and oxygen atoms in total. The highest BCUT2D eigenvalue weighted by Crippen LogP contribution is 2.20. The second-order valence-corrected chi connectivity index (χ2v) is 15.8. The van der Waals surface area contributed by atoms with Crippen molar-refractivity contribution >= 4 is 35.3 Å². The second kappa shape index (κ2) is 28.4. The Hall–Kier alpha value is -5.52. The molecule has 0 saturated carbocycles. The number of aliphatic hydroxyl groups is 4. The number of hydrogen-bond acceptors (Lipinski definition) is 17. The normalized spacial score (nSPS) is 13.8. The second-order valence-electron chi connectivity index (χ2n) is 15.8. The smallest absolute Gasteiger partial charge is 0.407 e. The molecule has 0 bridgehead atoms. The van der Waals surface area contributed by atoms with Gasteiger partial charge in [-0.3, -0.25) is 19.2 Å². The lowest BCUT2D eigenvalue weighted by atomic mass is 9.96. The van der Waals surface area contributed by atoms with Crippen molar-refractivity contribution in [3.8, 4) is 11.1 Å². The van der Waals surface area contributed by atoms with Crippen molar-refractivity contribution in [2.75, 3.05) is 89.7 Å². The summed E-state index contributed by atoms with van der Waals surface area (Å²) in [6.45, 7) is 5.17. The van der Waals surface area contributed by atoms with Gasteiger partial charge in [0.1, 0.15) is 23.6 Å². The van der Waals surface area contributed by atoms with Crippen molar-refractivity contribution < 1.29 is 68.4 Å². The van der Waals surface area contributed by atoms with Gasteiger partial charge in [-0.1, -0.05) is 54.6 Å². The first-order valence-electron chi connectivity index (χ1n) is 21.2. The van der Waals surface area contributed by atoms with Crippen LogP contribution in [0.15, 0.2) is 64.2 Å². The van der Waals surface area contributed by atoms with Gasteiger partial charge >= 0.3 is 12.1 Å². The third kappa shape index (κ3) is 20.5.